The molecule has 0 saturated carbocycles. The van der Waals surface area contributed by atoms with E-state index in [9.17, 15) is 10.2 Å². The van der Waals surface area contributed by atoms with Crippen molar-refractivity contribution in [2.24, 2.45) is 0 Å². The van der Waals surface area contributed by atoms with Crippen LogP contribution in [0.1, 0.15) is 24.0 Å². The van der Waals surface area contributed by atoms with E-state index in [2.05, 4.69) is 58.9 Å². The highest BCUT2D eigenvalue weighted by atomic mass is 16.5. The van der Waals surface area contributed by atoms with E-state index in [0.29, 0.717) is 6.54 Å². The summed E-state index contributed by atoms with van der Waals surface area (Å²) in [5.74, 6) is 1.43. The number of benzene rings is 4. The van der Waals surface area contributed by atoms with Crippen molar-refractivity contribution in [3.8, 4) is 39.6 Å². The molecular weight excluding hydrogens is 484 g/mol. The van der Waals surface area contributed by atoms with Crippen LogP contribution < -0.4 is 4.74 Å². The highest BCUT2D eigenvalue weighted by Crippen LogP contribution is 2.37. The molecule has 0 spiro atoms. The molecule has 0 unspecified atom stereocenters. The van der Waals surface area contributed by atoms with Crippen LogP contribution in [0, 0.1) is 6.92 Å². The lowest BCUT2D eigenvalue weighted by atomic mass is 10.0. The summed E-state index contributed by atoms with van der Waals surface area (Å²) in [7, 11) is 0. The van der Waals surface area contributed by atoms with Crippen LogP contribution in [0.2, 0.25) is 0 Å². The van der Waals surface area contributed by atoms with Crippen molar-refractivity contribution in [3.63, 3.8) is 0 Å². The smallest absolute Gasteiger partial charge is 0.119 e. The Morgan fingerprint density at radius 3 is 2.00 bits per heavy atom. The van der Waals surface area contributed by atoms with Crippen LogP contribution in [0.25, 0.3) is 33.3 Å². The number of hydrogen-bond acceptors (Lipinski definition) is 4. The molecule has 0 aliphatic carbocycles. The lowest BCUT2D eigenvalue weighted by Crippen LogP contribution is -2.25. The normalized spacial score (nSPS) is 13.8. The van der Waals surface area contributed by atoms with E-state index in [4.69, 9.17) is 4.74 Å². The minimum Gasteiger partial charge on any atom is -0.508 e. The number of aromatic nitrogens is 1. The van der Waals surface area contributed by atoms with Gasteiger partial charge in [-0.3, -0.25) is 4.90 Å². The third-order valence-corrected chi connectivity index (χ3v) is 7.80. The molecule has 6 rings (SSSR count). The number of hydrogen-bond donors (Lipinski definition) is 2. The summed E-state index contributed by atoms with van der Waals surface area (Å²) in [4.78, 5) is 2.46. The molecule has 5 aromatic rings. The van der Waals surface area contributed by atoms with Crippen molar-refractivity contribution in [1.29, 1.82) is 0 Å². The summed E-state index contributed by atoms with van der Waals surface area (Å²) in [6.45, 7) is 6.96. The van der Waals surface area contributed by atoms with Gasteiger partial charge in [-0.2, -0.15) is 0 Å². The predicted molar refractivity (Wildman–Crippen MR) is 158 cm³/mol. The Morgan fingerprint density at radius 1 is 0.718 bits per heavy atom. The van der Waals surface area contributed by atoms with E-state index in [1.54, 1.807) is 24.3 Å². The molecule has 1 saturated heterocycles. The van der Waals surface area contributed by atoms with Crippen LogP contribution in [0.4, 0.5) is 0 Å². The largest absolute Gasteiger partial charge is 0.508 e. The van der Waals surface area contributed by atoms with Gasteiger partial charge in [0.1, 0.15) is 23.9 Å². The standard InChI is InChI=1S/C34H34N2O3/c1-24-32-22-28(26-6-11-29(37)12-7-26)10-17-33(32)36(34(24)27-8-13-30(38)14-9-27)23-25-4-15-31(16-5-25)39-21-20-35-18-2-3-19-35/h4-17,22,37-38H,2-3,18-21,23H2,1H3. The van der Waals surface area contributed by atoms with Gasteiger partial charge in [-0.1, -0.05) is 30.3 Å². The zero-order chi connectivity index (χ0) is 26.8. The fourth-order valence-electron chi connectivity index (χ4n) is 5.68. The molecule has 39 heavy (non-hydrogen) atoms. The minimum atomic E-state index is 0.258. The maximum Gasteiger partial charge on any atom is 0.119 e. The van der Waals surface area contributed by atoms with Crippen molar-refractivity contribution in [2.75, 3.05) is 26.2 Å². The molecule has 5 nitrogen and oxygen atoms in total. The number of fused-ring (bicyclic) bond motifs is 1. The van der Waals surface area contributed by atoms with Crippen LogP contribution >= 0.6 is 0 Å². The molecule has 0 bridgehead atoms. The number of ether oxygens (including phenoxy) is 1. The van der Waals surface area contributed by atoms with Gasteiger partial charge < -0.3 is 19.5 Å². The summed E-state index contributed by atoms with van der Waals surface area (Å²) in [5, 5.41) is 20.8. The molecule has 0 radical (unpaired) electrons. The monoisotopic (exact) mass is 518 g/mol. The molecule has 198 valence electrons. The molecule has 1 aliphatic heterocycles. The van der Waals surface area contributed by atoms with Gasteiger partial charge in [-0.05, 0) is 121 Å². The van der Waals surface area contributed by atoms with Crippen LogP contribution in [0.3, 0.4) is 0 Å². The number of likely N-dealkylation sites (tertiary alicyclic amines) is 1. The second-order valence-electron chi connectivity index (χ2n) is 10.4. The first kappa shape index (κ1) is 25.1. The van der Waals surface area contributed by atoms with Crippen molar-refractivity contribution in [2.45, 2.75) is 26.3 Å². The van der Waals surface area contributed by atoms with Gasteiger partial charge in [-0.15, -0.1) is 0 Å². The lowest BCUT2D eigenvalue weighted by molar-refractivity contribution is 0.238. The fourth-order valence-corrected chi connectivity index (χ4v) is 5.68. The first-order valence-electron chi connectivity index (χ1n) is 13.7. The average Bonchev–Trinajstić information content (AvgIpc) is 3.57. The number of aryl methyl sites for hydroxylation is 1. The van der Waals surface area contributed by atoms with E-state index in [1.165, 1.54) is 42.4 Å². The molecular formula is C34H34N2O3. The third kappa shape index (κ3) is 5.36. The van der Waals surface area contributed by atoms with Crippen LogP contribution in [0.5, 0.6) is 17.2 Å². The van der Waals surface area contributed by atoms with Gasteiger partial charge in [0.25, 0.3) is 0 Å². The van der Waals surface area contributed by atoms with Gasteiger partial charge in [0, 0.05) is 24.0 Å². The molecule has 2 N–H and O–H groups in total. The Hall–Kier alpha value is -4.22. The zero-order valence-electron chi connectivity index (χ0n) is 22.3. The van der Waals surface area contributed by atoms with E-state index >= 15 is 0 Å². The van der Waals surface area contributed by atoms with Crippen molar-refractivity contribution < 1.29 is 14.9 Å². The number of rotatable bonds is 8. The average molecular weight is 519 g/mol. The van der Waals surface area contributed by atoms with E-state index < -0.39 is 0 Å². The SMILES string of the molecule is Cc1c(-c2ccc(O)cc2)n(Cc2ccc(OCCN3CCCC3)cc2)c2ccc(-c3ccc(O)cc3)cc12. The lowest BCUT2D eigenvalue weighted by Gasteiger charge is -2.15. The molecule has 1 aromatic heterocycles. The Bertz CT molecular complexity index is 1560. The molecule has 1 aliphatic rings. The summed E-state index contributed by atoms with van der Waals surface area (Å²) in [5.41, 5.74) is 7.92. The molecule has 2 heterocycles. The van der Waals surface area contributed by atoms with Gasteiger partial charge in [-0.25, -0.2) is 0 Å². The van der Waals surface area contributed by atoms with Crippen LogP contribution in [0.15, 0.2) is 91.0 Å². The van der Waals surface area contributed by atoms with Gasteiger partial charge in [0.05, 0.1) is 5.69 Å². The highest BCUT2D eigenvalue weighted by molar-refractivity contribution is 5.94. The Balaban J connectivity index is 1.32. The van der Waals surface area contributed by atoms with Crippen molar-refractivity contribution in [1.82, 2.24) is 9.47 Å². The highest BCUT2D eigenvalue weighted by Gasteiger charge is 2.17. The van der Waals surface area contributed by atoms with Crippen LogP contribution in [-0.4, -0.2) is 45.9 Å². The van der Waals surface area contributed by atoms with Gasteiger partial charge in [0.15, 0.2) is 0 Å². The molecule has 1 fully saturated rings. The fraction of sp³-hybridized carbons (Fsp3) is 0.235. The van der Waals surface area contributed by atoms with Gasteiger partial charge >= 0.3 is 0 Å². The number of nitrogens with zero attached hydrogens (tertiary/aromatic N) is 2. The van der Waals surface area contributed by atoms with E-state index in [1.807, 2.05) is 24.3 Å². The van der Waals surface area contributed by atoms with Crippen molar-refractivity contribution in [3.05, 3.63) is 102 Å². The maximum atomic E-state index is 9.91. The Kier molecular flexibility index (Phi) is 6.99. The molecule has 0 amide bonds. The molecule has 5 heteroatoms. The number of phenols is 2. The predicted octanol–water partition coefficient (Wildman–Crippen LogP) is 7.22. The van der Waals surface area contributed by atoms with Crippen molar-refractivity contribution >= 4 is 10.9 Å². The zero-order valence-corrected chi connectivity index (χ0v) is 22.3. The van der Waals surface area contributed by atoms with Crippen LogP contribution in [-0.2, 0) is 6.54 Å². The molecule has 0 atom stereocenters. The Morgan fingerprint density at radius 2 is 1.33 bits per heavy atom. The third-order valence-electron chi connectivity index (χ3n) is 7.80. The molecule has 4 aromatic carbocycles. The first-order chi connectivity index (χ1) is 19.0. The van der Waals surface area contributed by atoms with Gasteiger partial charge in [0.2, 0.25) is 0 Å². The summed E-state index contributed by atoms with van der Waals surface area (Å²) in [6.07, 6.45) is 2.60. The first-order valence-corrected chi connectivity index (χ1v) is 13.7. The number of aromatic hydroxyl groups is 2. The Labute approximate surface area is 229 Å². The second-order valence-corrected chi connectivity index (χ2v) is 10.4. The summed E-state index contributed by atoms with van der Waals surface area (Å²) in [6, 6.07) is 29.8. The topological polar surface area (TPSA) is 57.9 Å². The maximum absolute atomic E-state index is 9.91. The summed E-state index contributed by atoms with van der Waals surface area (Å²) < 4.78 is 8.39. The number of phenolic OH excluding ortho intramolecular Hbond substituents is 2. The van der Waals surface area contributed by atoms with E-state index in [0.717, 1.165) is 46.8 Å². The minimum absolute atomic E-state index is 0.258. The second kappa shape index (κ2) is 10.9. The quantitative estimate of drug-likeness (QED) is 0.228. The summed E-state index contributed by atoms with van der Waals surface area (Å²) >= 11 is 0. The van der Waals surface area contributed by atoms with E-state index in [-0.39, 0.29) is 11.5 Å².